The fourth-order valence-corrected chi connectivity index (χ4v) is 2.66. The van der Waals surface area contributed by atoms with Crippen molar-refractivity contribution in [3.05, 3.63) is 0 Å². The van der Waals surface area contributed by atoms with Crippen molar-refractivity contribution < 1.29 is 0 Å². The Morgan fingerprint density at radius 3 is 2.57 bits per heavy atom. The van der Waals surface area contributed by atoms with Crippen LogP contribution in [0.5, 0.6) is 0 Å². The molecule has 1 aliphatic heterocycles. The van der Waals surface area contributed by atoms with Crippen molar-refractivity contribution in [3.8, 4) is 0 Å². The molecule has 0 spiro atoms. The molecule has 0 amide bonds. The first-order chi connectivity index (χ1) is 6.66. The minimum Gasteiger partial charge on any atom is -0.328 e. The standard InChI is InChI=1S/C11H23N3/c1-13(2)10-4-3-5-14(8-10)11-6-9(12)7-11/h9-11H,3-8,12H2,1-2H3. The summed E-state index contributed by atoms with van der Waals surface area (Å²) in [7, 11) is 4.39. The van der Waals surface area contributed by atoms with Crippen LogP contribution < -0.4 is 5.73 Å². The van der Waals surface area contributed by atoms with E-state index < -0.39 is 0 Å². The molecule has 3 heteroatoms. The molecule has 1 saturated carbocycles. The molecule has 2 N–H and O–H groups in total. The molecule has 0 aromatic heterocycles. The first-order valence-corrected chi connectivity index (χ1v) is 5.83. The van der Waals surface area contributed by atoms with Crippen LogP contribution >= 0.6 is 0 Å². The van der Waals surface area contributed by atoms with Crippen molar-refractivity contribution in [3.63, 3.8) is 0 Å². The number of nitrogens with zero attached hydrogens (tertiary/aromatic N) is 2. The van der Waals surface area contributed by atoms with Crippen LogP contribution in [0.1, 0.15) is 25.7 Å². The third kappa shape index (κ3) is 2.10. The van der Waals surface area contributed by atoms with Gasteiger partial charge in [-0.2, -0.15) is 0 Å². The highest BCUT2D eigenvalue weighted by atomic mass is 15.2. The molecule has 1 aliphatic carbocycles. The van der Waals surface area contributed by atoms with Crippen molar-refractivity contribution in [2.45, 2.75) is 43.8 Å². The first-order valence-electron chi connectivity index (χ1n) is 5.83. The maximum Gasteiger partial charge on any atom is 0.0217 e. The minimum absolute atomic E-state index is 0.486. The van der Waals surface area contributed by atoms with Gasteiger partial charge in [0.25, 0.3) is 0 Å². The summed E-state index contributed by atoms with van der Waals surface area (Å²) in [6.45, 7) is 2.55. The smallest absolute Gasteiger partial charge is 0.0217 e. The van der Waals surface area contributed by atoms with Gasteiger partial charge in [0.15, 0.2) is 0 Å². The number of piperidine rings is 1. The molecule has 82 valence electrons. The Bertz CT molecular complexity index is 187. The van der Waals surface area contributed by atoms with Crippen LogP contribution in [0.25, 0.3) is 0 Å². The summed E-state index contributed by atoms with van der Waals surface area (Å²) in [6.07, 6.45) is 5.16. The predicted octanol–water partition coefficient (Wildman–Crippen LogP) is 0.502. The van der Waals surface area contributed by atoms with E-state index in [9.17, 15) is 0 Å². The van der Waals surface area contributed by atoms with Crippen LogP contribution in [0.15, 0.2) is 0 Å². The van der Waals surface area contributed by atoms with E-state index in [-0.39, 0.29) is 0 Å². The fraction of sp³-hybridized carbons (Fsp3) is 1.00. The summed E-state index contributed by atoms with van der Waals surface area (Å²) in [6, 6.07) is 2.05. The average molecular weight is 197 g/mol. The molecule has 2 rings (SSSR count). The first kappa shape index (κ1) is 10.4. The Kier molecular flexibility index (Phi) is 3.10. The zero-order valence-electron chi connectivity index (χ0n) is 9.45. The van der Waals surface area contributed by atoms with E-state index in [4.69, 9.17) is 5.73 Å². The summed E-state index contributed by atoms with van der Waals surface area (Å²) >= 11 is 0. The van der Waals surface area contributed by atoms with E-state index in [0.29, 0.717) is 6.04 Å². The second kappa shape index (κ2) is 4.17. The van der Waals surface area contributed by atoms with Crippen LogP contribution in [0.4, 0.5) is 0 Å². The lowest BCUT2D eigenvalue weighted by atomic mass is 9.85. The second-order valence-electron chi connectivity index (χ2n) is 5.14. The van der Waals surface area contributed by atoms with Gasteiger partial charge in [0, 0.05) is 24.7 Å². The van der Waals surface area contributed by atoms with Crippen molar-refractivity contribution in [2.75, 3.05) is 27.2 Å². The van der Waals surface area contributed by atoms with Gasteiger partial charge in [-0.15, -0.1) is 0 Å². The number of rotatable bonds is 2. The molecular weight excluding hydrogens is 174 g/mol. The molecular formula is C11H23N3. The van der Waals surface area contributed by atoms with E-state index in [1.165, 1.54) is 38.8 Å². The van der Waals surface area contributed by atoms with E-state index in [1.54, 1.807) is 0 Å². The van der Waals surface area contributed by atoms with Crippen LogP contribution in [-0.4, -0.2) is 55.1 Å². The molecule has 2 fully saturated rings. The van der Waals surface area contributed by atoms with Gasteiger partial charge in [-0.3, -0.25) is 4.90 Å². The number of likely N-dealkylation sites (tertiary alicyclic amines) is 1. The van der Waals surface area contributed by atoms with Crippen molar-refractivity contribution in [1.29, 1.82) is 0 Å². The number of nitrogens with two attached hydrogens (primary N) is 1. The zero-order valence-corrected chi connectivity index (χ0v) is 9.45. The van der Waals surface area contributed by atoms with Crippen molar-refractivity contribution in [1.82, 2.24) is 9.80 Å². The van der Waals surface area contributed by atoms with Crippen molar-refractivity contribution >= 4 is 0 Å². The highest BCUT2D eigenvalue weighted by molar-refractivity contribution is 4.92. The van der Waals surface area contributed by atoms with Gasteiger partial charge in [0.1, 0.15) is 0 Å². The monoisotopic (exact) mass is 197 g/mol. The Balaban J connectivity index is 1.82. The Labute approximate surface area is 87.2 Å². The molecule has 0 bridgehead atoms. The lowest BCUT2D eigenvalue weighted by molar-refractivity contribution is 0.0519. The fourth-order valence-electron chi connectivity index (χ4n) is 2.66. The normalized spacial score (nSPS) is 39.9. The van der Waals surface area contributed by atoms with E-state index >= 15 is 0 Å². The Morgan fingerprint density at radius 1 is 1.29 bits per heavy atom. The average Bonchev–Trinajstić information content (AvgIpc) is 2.13. The topological polar surface area (TPSA) is 32.5 Å². The van der Waals surface area contributed by atoms with Gasteiger partial charge < -0.3 is 10.6 Å². The van der Waals surface area contributed by atoms with Crippen LogP contribution in [0.2, 0.25) is 0 Å². The highest BCUT2D eigenvalue weighted by Crippen LogP contribution is 2.27. The largest absolute Gasteiger partial charge is 0.328 e. The van der Waals surface area contributed by atoms with Gasteiger partial charge in [0.05, 0.1) is 0 Å². The molecule has 3 nitrogen and oxygen atoms in total. The molecule has 0 radical (unpaired) electrons. The Hall–Kier alpha value is -0.120. The van der Waals surface area contributed by atoms with Crippen LogP contribution in [0.3, 0.4) is 0 Å². The third-order valence-corrected chi connectivity index (χ3v) is 3.82. The molecule has 1 heterocycles. The van der Waals surface area contributed by atoms with Crippen LogP contribution in [0, 0.1) is 0 Å². The summed E-state index contributed by atoms with van der Waals surface area (Å²) in [4.78, 5) is 5.02. The summed E-state index contributed by atoms with van der Waals surface area (Å²) < 4.78 is 0. The van der Waals surface area contributed by atoms with Gasteiger partial charge in [-0.1, -0.05) is 0 Å². The summed E-state index contributed by atoms with van der Waals surface area (Å²) in [5, 5.41) is 0. The predicted molar refractivity (Wildman–Crippen MR) is 59.3 cm³/mol. The van der Waals surface area contributed by atoms with Crippen molar-refractivity contribution in [2.24, 2.45) is 5.73 Å². The Morgan fingerprint density at radius 2 is 2.00 bits per heavy atom. The van der Waals surface area contributed by atoms with Crippen LogP contribution in [-0.2, 0) is 0 Å². The lowest BCUT2D eigenvalue weighted by Crippen LogP contribution is -2.56. The van der Waals surface area contributed by atoms with Gasteiger partial charge >= 0.3 is 0 Å². The molecule has 0 aromatic carbocycles. The van der Waals surface area contributed by atoms with Gasteiger partial charge in [-0.25, -0.2) is 0 Å². The van der Waals surface area contributed by atoms with E-state index in [2.05, 4.69) is 23.9 Å². The molecule has 1 unspecified atom stereocenters. The number of hydrogen-bond donors (Lipinski definition) is 1. The van der Waals surface area contributed by atoms with Gasteiger partial charge in [0.2, 0.25) is 0 Å². The molecule has 2 aliphatic rings. The zero-order chi connectivity index (χ0) is 10.1. The maximum atomic E-state index is 5.83. The third-order valence-electron chi connectivity index (χ3n) is 3.82. The summed E-state index contributed by atoms with van der Waals surface area (Å²) in [5.74, 6) is 0. The summed E-state index contributed by atoms with van der Waals surface area (Å²) in [5.41, 5.74) is 5.83. The highest BCUT2D eigenvalue weighted by Gasteiger charge is 2.34. The second-order valence-corrected chi connectivity index (χ2v) is 5.14. The number of hydrogen-bond acceptors (Lipinski definition) is 3. The molecule has 0 aromatic rings. The SMILES string of the molecule is CN(C)C1CCCN(C2CC(N)C2)C1. The molecule has 14 heavy (non-hydrogen) atoms. The molecule has 1 saturated heterocycles. The van der Waals surface area contributed by atoms with E-state index in [1.807, 2.05) is 0 Å². The number of likely N-dealkylation sites (N-methyl/N-ethyl adjacent to an activating group) is 1. The molecule has 1 atom stereocenters. The quantitative estimate of drug-likeness (QED) is 0.700. The maximum absolute atomic E-state index is 5.83. The lowest BCUT2D eigenvalue weighted by Gasteiger charge is -2.46. The van der Waals surface area contributed by atoms with Gasteiger partial charge in [-0.05, 0) is 46.3 Å². The van der Waals surface area contributed by atoms with E-state index in [0.717, 1.165) is 12.1 Å². The minimum atomic E-state index is 0.486.